The highest BCUT2D eigenvalue weighted by Gasteiger charge is 2.34. The molecule has 0 amide bonds. The van der Waals surface area contributed by atoms with Crippen LogP contribution < -0.4 is 4.90 Å². The van der Waals surface area contributed by atoms with E-state index in [1.807, 2.05) is 4.90 Å². The smallest absolute Gasteiger partial charge is 0.417 e. The Balaban J connectivity index is 1.55. The average Bonchev–Trinajstić information content (AvgIpc) is 3.09. The number of halogens is 3. The lowest BCUT2D eigenvalue weighted by atomic mass is 10.0. The van der Waals surface area contributed by atoms with Gasteiger partial charge in [0.15, 0.2) is 0 Å². The molecule has 1 aliphatic rings. The van der Waals surface area contributed by atoms with E-state index in [-0.39, 0.29) is 5.56 Å². The molecule has 3 aromatic rings. The lowest BCUT2D eigenvalue weighted by molar-refractivity contribution is -0.143. The lowest BCUT2D eigenvalue weighted by Gasteiger charge is -2.38. The highest BCUT2D eigenvalue weighted by Crippen LogP contribution is 2.33. The molecule has 2 aromatic heterocycles. The molecule has 2 N–H and O–H groups in total. The minimum Gasteiger partial charge on any atom is -0.480 e. The molecule has 174 valence electrons. The van der Waals surface area contributed by atoms with Crippen molar-refractivity contribution in [2.24, 2.45) is 7.05 Å². The number of piperazine rings is 1. The molecule has 1 aliphatic heterocycles. The average molecular weight is 462 g/mol. The monoisotopic (exact) mass is 462 g/mol. The number of aryl methyl sites for hydroxylation is 1. The van der Waals surface area contributed by atoms with Gasteiger partial charge in [-0.3, -0.25) is 9.69 Å². The van der Waals surface area contributed by atoms with Gasteiger partial charge in [0.05, 0.1) is 11.1 Å². The third-order valence-electron chi connectivity index (χ3n) is 5.88. The van der Waals surface area contributed by atoms with Crippen molar-refractivity contribution in [3.63, 3.8) is 0 Å². The van der Waals surface area contributed by atoms with Crippen LogP contribution in [0.3, 0.4) is 0 Å². The molecule has 11 heteroatoms. The number of rotatable bonds is 5. The van der Waals surface area contributed by atoms with Gasteiger partial charge in [-0.2, -0.15) is 13.2 Å². The summed E-state index contributed by atoms with van der Waals surface area (Å²) in [4.78, 5) is 31.1. The molecule has 4 rings (SSSR count). The van der Waals surface area contributed by atoms with Crippen LogP contribution in [0.1, 0.15) is 27.5 Å². The maximum Gasteiger partial charge on any atom is 0.417 e. The molecule has 3 heterocycles. The van der Waals surface area contributed by atoms with E-state index in [1.165, 1.54) is 18.2 Å². The Hall–Kier alpha value is -3.60. The van der Waals surface area contributed by atoms with Gasteiger partial charge < -0.3 is 19.7 Å². The van der Waals surface area contributed by atoms with Crippen molar-refractivity contribution in [1.82, 2.24) is 14.5 Å². The van der Waals surface area contributed by atoms with Crippen molar-refractivity contribution in [2.75, 3.05) is 31.1 Å². The van der Waals surface area contributed by atoms with Crippen LogP contribution in [0.2, 0.25) is 0 Å². The number of nitrogens with zero attached hydrogens (tertiary/aromatic N) is 4. The van der Waals surface area contributed by atoms with Crippen molar-refractivity contribution in [3.8, 4) is 0 Å². The number of carboxylic acid groups (broad SMARTS) is 2. The first-order valence-corrected chi connectivity index (χ1v) is 10.1. The van der Waals surface area contributed by atoms with Crippen molar-refractivity contribution < 1.29 is 33.0 Å². The molecule has 0 unspecified atom stereocenters. The maximum atomic E-state index is 12.8. The number of aromatic carboxylic acids is 1. The van der Waals surface area contributed by atoms with Gasteiger partial charge in [-0.15, -0.1) is 0 Å². The Kier molecular flexibility index (Phi) is 5.75. The Morgan fingerprint density at radius 2 is 1.76 bits per heavy atom. The second kappa shape index (κ2) is 8.39. The van der Waals surface area contributed by atoms with Gasteiger partial charge in [0.2, 0.25) is 0 Å². The molecule has 1 saturated heterocycles. The maximum absolute atomic E-state index is 12.8. The fourth-order valence-corrected chi connectivity index (χ4v) is 4.20. The van der Waals surface area contributed by atoms with Crippen LogP contribution in [-0.2, 0) is 18.0 Å². The fraction of sp³-hybridized carbons (Fsp3) is 0.318. The van der Waals surface area contributed by atoms with Gasteiger partial charge in [-0.05, 0) is 24.3 Å². The van der Waals surface area contributed by atoms with Crippen LogP contribution >= 0.6 is 0 Å². The number of carbonyl (C=O) groups is 2. The van der Waals surface area contributed by atoms with Crippen LogP contribution in [0.5, 0.6) is 0 Å². The predicted molar refractivity (Wildman–Crippen MR) is 113 cm³/mol. The zero-order chi connectivity index (χ0) is 23.9. The number of alkyl halides is 3. The van der Waals surface area contributed by atoms with Crippen molar-refractivity contribution in [1.29, 1.82) is 0 Å². The standard InChI is InChI=1S/C22H21F3N4O4/c1-27-12-16(15-4-2-13(20(30)31)10-17(15)27)19(21(32)33)29-8-6-28(7-9-29)18-5-3-14(11-26-18)22(23,24)25/h2-5,10-12,19H,6-9H2,1H3,(H,30,31)(H,32,33)/t19-/m0/s1. The summed E-state index contributed by atoms with van der Waals surface area (Å²) in [6.07, 6.45) is -1.97. The van der Waals surface area contributed by atoms with Gasteiger partial charge in [-0.1, -0.05) is 6.07 Å². The number of fused-ring (bicyclic) bond motifs is 1. The normalized spacial score (nSPS) is 16.2. The molecule has 0 spiro atoms. The number of hydrogen-bond acceptors (Lipinski definition) is 5. The van der Waals surface area contributed by atoms with E-state index in [0.29, 0.717) is 48.5 Å². The van der Waals surface area contributed by atoms with Crippen molar-refractivity contribution >= 4 is 28.7 Å². The molecule has 0 radical (unpaired) electrons. The van der Waals surface area contributed by atoms with E-state index in [2.05, 4.69) is 4.98 Å². The van der Waals surface area contributed by atoms with E-state index >= 15 is 0 Å². The number of hydrogen-bond donors (Lipinski definition) is 2. The Labute approximate surface area is 186 Å². The summed E-state index contributed by atoms with van der Waals surface area (Å²) in [5, 5.41) is 19.9. The Morgan fingerprint density at radius 3 is 2.30 bits per heavy atom. The van der Waals surface area contributed by atoms with Crippen LogP contribution in [0.25, 0.3) is 10.9 Å². The Bertz CT molecular complexity index is 1200. The second-order valence-corrected chi connectivity index (χ2v) is 7.90. The molecule has 1 atom stereocenters. The number of aliphatic carboxylic acids is 1. The Morgan fingerprint density at radius 1 is 1.06 bits per heavy atom. The number of benzene rings is 1. The van der Waals surface area contributed by atoms with Gasteiger partial charge in [0.1, 0.15) is 11.9 Å². The first-order valence-electron chi connectivity index (χ1n) is 10.1. The first kappa shape index (κ1) is 22.6. The molecule has 0 saturated carbocycles. The zero-order valence-electron chi connectivity index (χ0n) is 17.6. The molecule has 8 nitrogen and oxygen atoms in total. The molecule has 0 bridgehead atoms. The number of pyridine rings is 1. The van der Waals surface area contributed by atoms with Gasteiger partial charge in [0.25, 0.3) is 0 Å². The van der Waals surface area contributed by atoms with Crippen molar-refractivity contribution in [3.05, 3.63) is 59.4 Å². The summed E-state index contributed by atoms with van der Waals surface area (Å²) in [6, 6.07) is 5.92. The molecular formula is C22H21F3N4O4. The minimum absolute atomic E-state index is 0.111. The van der Waals surface area contributed by atoms with E-state index in [1.54, 1.807) is 28.8 Å². The minimum atomic E-state index is -4.46. The predicted octanol–water partition coefficient (Wildman–Crippen LogP) is 3.24. The summed E-state index contributed by atoms with van der Waals surface area (Å²) in [6.45, 7) is 1.53. The summed E-state index contributed by atoms with van der Waals surface area (Å²) in [5.41, 5.74) is 0.458. The quantitative estimate of drug-likeness (QED) is 0.601. The molecule has 33 heavy (non-hydrogen) atoms. The highest BCUT2D eigenvalue weighted by molar-refractivity contribution is 5.96. The van der Waals surface area contributed by atoms with Gasteiger partial charge in [0, 0.05) is 62.1 Å². The second-order valence-electron chi connectivity index (χ2n) is 7.90. The van der Waals surface area contributed by atoms with Crippen molar-refractivity contribution in [2.45, 2.75) is 12.2 Å². The van der Waals surface area contributed by atoms with E-state index < -0.39 is 29.7 Å². The largest absolute Gasteiger partial charge is 0.480 e. The summed E-state index contributed by atoms with van der Waals surface area (Å²) in [7, 11) is 1.73. The van der Waals surface area contributed by atoms with Gasteiger partial charge in [-0.25, -0.2) is 9.78 Å². The van der Waals surface area contributed by atoms with E-state index in [0.717, 1.165) is 12.3 Å². The van der Waals surface area contributed by atoms with Crippen LogP contribution in [-0.4, -0.2) is 62.8 Å². The fourth-order valence-electron chi connectivity index (χ4n) is 4.20. The number of aromatic nitrogens is 2. The van der Waals surface area contributed by atoms with E-state index in [9.17, 15) is 33.0 Å². The molecular weight excluding hydrogens is 441 g/mol. The number of carboxylic acids is 2. The third kappa shape index (κ3) is 4.36. The van der Waals surface area contributed by atoms with Gasteiger partial charge >= 0.3 is 18.1 Å². The zero-order valence-corrected chi connectivity index (χ0v) is 17.6. The van der Waals surface area contributed by atoms with Crippen LogP contribution in [0, 0.1) is 0 Å². The molecule has 1 aromatic carbocycles. The lowest BCUT2D eigenvalue weighted by Crippen LogP contribution is -2.49. The third-order valence-corrected chi connectivity index (χ3v) is 5.88. The summed E-state index contributed by atoms with van der Waals surface area (Å²) >= 11 is 0. The highest BCUT2D eigenvalue weighted by atomic mass is 19.4. The number of anilines is 1. The summed E-state index contributed by atoms with van der Waals surface area (Å²) < 4.78 is 40.0. The van der Waals surface area contributed by atoms with E-state index in [4.69, 9.17) is 0 Å². The topological polar surface area (TPSA) is 98.9 Å². The first-order chi connectivity index (χ1) is 15.6. The van der Waals surface area contributed by atoms with Crippen LogP contribution in [0.15, 0.2) is 42.7 Å². The molecule has 0 aliphatic carbocycles. The van der Waals surface area contributed by atoms with Crippen LogP contribution in [0.4, 0.5) is 19.0 Å². The summed E-state index contributed by atoms with van der Waals surface area (Å²) in [5.74, 6) is -1.70. The SMILES string of the molecule is Cn1cc([C@@H](C(=O)O)N2CCN(c3ccc(C(F)(F)F)cn3)CC2)c2ccc(C(=O)O)cc21. The molecule has 1 fully saturated rings.